The first-order chi connectivity index (χ1) is 15.9. The van der Waals surface area contributed by atoms with E-state index >= 15 is 0 Å². The van der Waals surface area contributed by atoms with Gasteiger partial charge in [0, 0.05) is 51.3 Å². The Bertz CT molecular complexity index is 1110. The maximum absolute atomic E-state index is 13.9. The Morgan fingerprint density at radius 3 is 2.64 bits per heavy atom. The zero-order chi connectivity index (χ0) is 23.4. The molecule has 33 heavy (non-hydrogen) atoms. The fraction of sp³-hybridized carbons (Fsp3) is 0.333. The molecule has 1 fully saturated rings. The molecule has 2 amide bonds. The summed E-state index contributed by atoms with van der Waals surface area (Å²) < 4.78 is 34.1. The summed E-state index contributed by atoms with van der Waals surface area (Å²) in [5.41, 5.74) is 2.34. The molecule has 2 N–H and O–H groups in total. The Kier molecular flexibility index (Phi) is 7.00. The lowest BCUT2D eigenvalue weighted by Crippen LogP contribution is -2.42. The number of methoxy groups -OCH3 is 1. The summed E-state index contributed by atoms with van der Waals surface area (Å²) >= 11 is 0. The van der Waals surface area contributed by atoms with Crippen LogP contribution in [0.2, 0.25) is 0 Å². The Hall–Kier alpha value is -3.30. The van der Waals surface area contributed by atoms with E-state index in [1.54, 1.807) is 31.0 Å². The third kappa shape index (κ3) is 5.37. The van der Waals surface area contributed by atoms with Gasteiger partial charge in [0.05, 0.1) is 18.3 Å². The van der Waals surface area contributed by atoms with Crippen LogP contribution in [-0.4, -0.2) is 60.1 Å². The van der Waals surface area contributed by atoms with E-state index < -0.39 is 11.6 Å². The van der Waals surface area contributed by atoms with Crippen LogP contribution in [0, 0.1) is 11.6 Å². The lowest BCUT2D eigenvalue weighted by molar-refractivity contribution is 0.159. The highest BCUT2D eigenvalue weighted by Crippen LogP contribution is 2.29. The fourth-order valence-electron chi connectivity index (χ4n) is 4.17. The number of aromatic nitrogens is 2. The molecule has 1 aliphatic rings. The minimum absolute atomic E-state index is 0.186. The first-order valence-corrected chi connectivity index (χ1v) is 10.8. The minimum Gasteiger partial charge on any atom is -0.383 e. The summed E-state index contributed by atoms with van der Waals surface area (Å²) in [6.07, 6.45) is 0. The Balaban J connectivity index is 1.47. The number of carbonyl (C=O) groups excluding carboxylic acids is 1. The van der Waals surface area contributed by atoms with Crippen LogP contribution in [0.3, 0.4) is 0 Å². The van der Waals surface area contributed by atoms with Crippen molar-refractivity contribution >= 4 is 11.8 Å². The van der Waals surface area contributed by atoms with Gasteiger partial charge in [-0.05, 0) is 17.7 Å². The van der Waals surface area contributed by atoms with Crippen molar-refractivity contribution in [3.63, 3.8) is 0 Å². The molecule has 1 saturated heterocycles. The van der Waals surface area contributed by atoms with E-state index in [1.807, 2.05) is 30.3 Å². The number of anilines is 1. The predicted molar refractivity (Wildman–Crippen MR) is 122 cm³/mol. The van der Waals surface area contributed by atoms with Crippen molar-refractivity contribution in [1.29, 1.82) is 0 Å². The van der Waals surface area contributed by atoms with Gasteiger partial charge in [-0.25, -0.2) is 13.6 Å². The lowest BCUT2D eigenvalue weighted by atomic mass is 9.94. The summed E-state index contributed by atoms with van der Waals surface area (Å²) in [4.78, 5) is 15.0. The highest BCUT2D eigenvalue weighted by atomic mass is 19.2. The van der Waals surface area contributed by atoms with Crippen LogP contribution in [0.25, 0.3) is 11.3 Å². The highest BCUT2D eigenvalue weighted by molar-refractivity contribution is 5.89. The lowest BCUT2D eigenvalue weighted by Gasteiger charge is -2.20. The predicted octanol–water partition coefficient (Wildman–Crippen LogP) is 3.60. The Morgan fingerprint density at radius 1 is 1.12 bits per heavy atom. The monoisotopic (exact) mass is 455 g/mol. The van der Waals surface area contributed by atoms with E-state index in [2.05, 4.69) is 20.6 Å². The number of nitrogens with one attached hydrogen (secondary N) is 2. The standard InChI is InChI=1S/C24H27F2N5O2/c1-30-23(13-21(29-30)16-6-4-3-5-7-16)28-24(32)27-22-15-31(10-11-33-2)14-18(22)17-8-9-19(25)20(26)12-17/h3-9,12-13,18,22H,10-11,14-15H2,1-2H3,(H2,27,28,32). The first-order valence-electron chi connectivity index (χ1n) is 10.8. The van der Waals surface area contributed by atoms with Crippen molar-refractivity contribution in [2.24, 2.45) is 7.05 Å². The number of nitrogens with zero attached hydrogens (tertiary/aromatic N) is 3. The van der Waals surface area contributed by atoms with Crippen molar-refractivity contribution in [2.45, 2.75) is 12.0 Å². The molecule has 2 heterocycles. The third-order valence-corrected chi connectivity index (χ3v) is 5.89. The Labute approximate surface area is 191 Å². The van der Waals surface area contributed by atoms with Gasteiger partial charge in [-0.15, -0.1) is 0 Å². The van der Waals surface area contributed by atoms with Gasteiger partial charge in [-0.2, -0.15) is 5.10 Å². The van der Waals surface area contributed by atoms with Gasteiger partial charge >= 0.3 is 6.03 Å². The van der Waals surface area contributed by atoms with Gasteiger partial charge in [0.25, 0.3) is 0 Å². The van der Waals surface area contributed by atoms with Gasteiger partial charge in [0.2, 0.25) is 0 Å². The molecule has 2 atom stereocenters. The van der Waals surface area contributed by atoms with E-state index in [1.165, 1.54) is 6.07 Å². The van der Waals surface area contributed by atoms with Crippen LogP contribution < -0.4 is 10.6 Å². The molecule has 2 aromatic carbocycles. The number of benzene rings is 2. The summed E-state index contributed by atoms with van der Waals surface area (Å²) in [5.74, 6) is -1.42. The van der Waals surface area contributed by atoms with Crippen molar-refractivity contribution < 1.29 is 18.3 Å². The second kappa shape index (κ2) is 10.1. The molecule has 2 unspecified atom stereocenters. The molecule has 7 nitrogen and oxygen atoms in total. The molecule has 0 aliphatic carbocycles. The van der Waals surface area contributed by atoms with E-state index in [-0.39, 0.29) is 18.0 Å². The molecule has 0 spiro atoms. The number of hydrogen-bond acceptors (Lipinski definition) is 4. The second-order valence-corrected chi connectivity index (χ2v) is 8.14. The summed E-state index contributed by atoms with van der Waals surface area (Å²) in [6.45, 7) is 2.39. The number of aryl methyl sites for hydroxylation is 1. The topological polar surface area (TPSA) is 71.4 Å². The number of urea groups is 1. The average Bonchev–Trinajstić information content (AvgIpc) is 3.38. The molecule has 174 valence electrons. The molecule has 3 aromatic rings. The summed E-state index contributed by atoms with van der Waals surface area (Å²) in [6, 6.07) is 14.7. The van der Waals surface area contributed by atoms with Crippen LogP contribution in [-0.2, 0) is 11.8 Å². The zero-order valence-corrected chi connectivity index (χ0v) is 18.6. The molecule has 0 radical (unpaired) electrons. The van der Waals surface area contributed by atoms with E-state index in [4.69, 9.17) is 4.74 Å². The molecule has 1 aromatic heterocycles. The van der Waals surface area contributed by atoms with Gasteiger partial charge < -0.3 is 10.1 Å². The molecule has 1 aliphatic heterocycles. The minimum atomic E-state index is -0.894. The van der Waals surface area contributed by atoms with E-state index in [0.717, 1.165) is 17.3 Å². The van der Waals surface area contributed by atoms with E-state index in [0.29, 0.717) is 37.6 Å². The number of halogens is 2. The van der Waals surface area contributed by atoms with Crippen molar-refractivity contribution in [1.82, 2.24) is 20.0 Å². The smallest absolute Gasteiger partial charge is 0.320 e. The van der Waals surface area contributed by atoms with Crippen LogP contribution in [0.1, 0.15) is 11.5 Å². The maximum Gasteiger partial charge on any atom is 0.320 e. The summed E-state index contributed by atoms with van der Waals surface area (Å²) in [7, 11) is 3.39. The SMILES string of the molecule is COCCN1CC(NC(=O)Nc2cc(-c3ccccc3)nn2C)C(c2ccc(F)c(F)c2)C1. The normalized spacial score (nSPS) is 18.4. The molecular weight excluding hydrogens is 428 g/mol. The molecule has 0 saturated carbocycles. The zero-order valence-electron chi connectivity index (χ0n) is 18.6. The number of likely N-dealkylation sites (tertiary alicyclic amines) is 1. The Morgan fingerprint density at radius 2 is 1.91 bits per heavy atom. The number of rotatable bonds is 7. The van der Waals surface area contributed by atoms with Gasteiger partial charge in [0.1, 0.15) is 5.82 Å². The third-order valence-electron chi connectivity index (χ3n) is 5.89. The number of amides is 2. The van der Waals surface area contributed by atoms with Gasteiger partial charge in [0.15, 0.2) is 11.6 Å². The first kappa shape index (κ1) is 22.9. The van der Waals surface area contributed by atoms with Crippen LogP contribution >= 0.6 is 0 Å². The van der Waals surface area contributed by atoms with Crippen molar-refractivity contribution in [2.75, 3.05) is 38.7 Å². The second-order valence-electron chi connectivity index (χ2n) is 8.14. The van der Waals surface area contributed by atoms with Crippen molar-refractivity contribution in [3.8, 4) is 11.3 Å². The largest absolute Gasteiger partial charge is 0.383 e. The maximum atomic E-state index is 13.9. The highest BCUT2D eigenvalue weighted by Gasteiger charge is 2.35. The molecule has 0 bridgehead atoms. The van der Waals surface area contributed by atoms with Crippen LogP contribution in [0.15, 0.2) is 54.6 Å². The quantitative estimate of drug-likeness (QED) is 0.571. The van der Waals surface area contributed by atoms with E-state index in [9.17, 15) is 13.6 Å². The molecule has 9 heteroatoms. The van der Waals surface area contributed by atoms with Crippen LogP contribution in [0.4, 0.5) is 19.4 Å². The van der Waals surface area contributed by atoms with Gasteiger partial charge in [-0.3, -0.25) is 14.9 Å². The number of carbonyl (C=O) groups is 1. The van der Waals surface area contributed by atoms with Crippen LogP contribution in [0.5, 0.6) is 0 Å². The fourth-order valence-corrected chi connectivity index (χ4v) is 4.17. The molecule has 4 rings (SSSR count). The number of ether oxygens (including phenoxy) is 1. The average molecular weight is 456 g/mol. The molecular formula is C24H27F2N5O2. The van der Waals surface area contributed by atoms with Gasteiger partial charge in [-0.1, -0.05) is 36.4 Å². The number of hydrogen-bond donors (Lipinski definition) is 2. The van der Waals surface area contributed by atoms with Crippen molar-refractivity contribution in [3.05, 3.63) is 71.8 Å². The summed E-state index contributed by atoms with van der Waals surface area (Å²) in [5, 5.41) is 10.3.